The molecule has 17 heavy (non-hydrogen) atoms. The number of hydrogen-bond donors (Lipinski definition) is 1. The van der Waals surface area contributed by atoms with E-state index in [1.54, 1.807) is 0 Å². The molecule has 0 saturated heterocycles. The molecule has 5 heteroatoms. The third kappa shape index (κ3) is 2.05. The maximum absolute atomic E-state index is 4.52. The second-order valence-corrected chi connectivity index (χ2v) is 4.55. The Morgan fingerprint density at radius 2 is 2.24 bits per heavy atom. The largest absolute Gasteiger partial charge is 0.323 e. The predicted molar refractivity (Wildman–Crippen MR) is 66.4 cm³/mol. The van der Waals surface area contributed by atoms with Crippen molar-refractivity contribution >= 4 is 11.6 Å². The van der Waals surface area contributed by atoms with E-state index >= 15 is 0 Å². The summed E-state index contributed by atoms with van der Waals surface area (Å²) in [6, 6.07) is 0.639. The van der Waals surface area contributed by atoms with Gasteiger partial charge in [-0.2, -0.15) is 5.10 Å². The van der Waals surface area contributed by atoms with E-state index in [0.717, 1.165) is 23.9 Å². The van der Waals surface area contributed by atoms with Crippen molar-refractivity contribution in [3.8, 4) is 0 Å². The zero-order valence-electron chi connectivity index (χ0n) is 10.2. The summed E-state index contributed by atoms with van der Waals surface area (Å²) in [6.45, 7) is 4.99. The molecule has 1 saturated carbocycles. The van der Waals surface area contributed by atoms with Gasteiger partial charge in [-0.15, -0.1) is 0 Å². The van der Waals surface area contributed by atoms with Crippen LogP contribution in [0.15, 0.2) is 18.6 Å². The highest BCUT2D eigenvalue weighted by Crippen LogP contribution is 2.37. The van der Waals surface area contributed by atoms with Crippen LogP contribution in [-0.4, -0.2) is 19.3 Å². The molecule has 1 N–H and O–H groups in total. The minimum Gasteiger partial charge on any atom is -0.323 e. The van der Waals surface area contributed by atoms with Crippen LogP contribution in [0.25, 0.3) is 0 Å². The molecule has 0 atom stereocenters. The van der Waals surface area contributed by atoms with Crippen molar-refractivity contribution in [2.45, 2.75) is 39.3 Å². The lowest BCUT2D eigenvalue weighted by atomic mass is 10.5. The second-order valence-electron chi connectivity index (χ2n) is 4.55. The monoisotopic (exact) mass is 231 g/mol. The van der Waals surface area contributed by atoms with E-state index in [1.807, 2.05) is 24.0 Å². The highest BCUT2D eigenvalue weighted by molar-refractivity contribution is 5.51. The number of rotatable bonds is 4. The Morgan fingerprint density at radius 3 is 2.88 bits per heavy atom. The fourth-order valence-corrected chi connectivity index (χ4v) is 1.97. The van der Waals surface area contributed by atoms with Gasteiger partial charge < -0.3 is 9.88 Å². The summed E-state index contributed by atoms with van der Waals surface area (Å²) in [4.78, 5) is 4.52. The van der Waals surface area contributed by atoms with Crippen LogP contribution in [0, 0.1) is 6.92 Å². The van der Waals surface area contributed by atoms with E-state index in [4.69, 9.17) is 0 Å². The molecule has 1 fully saturated rings. The van der Waals surface area contributed by atoms with Crippen LogP contribution >= 0.6 is 0 Å². The molecule has 0 unspecified atom stereocenters. The number of aromatic nitrogens is 4. The van der Waals surface area contributed by atoms with E-state index < -0.39 is 0 Å². The number of nitrogens with zero attached hydrogens (tertiary/aromatic N) is 4. The molecule has 2 heterocycles. The number of aryl methyl sites for hydroxylation is 2. The Balaban J connectivity index is 1.84. The van der Waals surface area contributed by atoms with Gasteiger partial charge in [-0.25, -0.2) is 4.98 Å². The van der Waals surface area contributed by atoms with Crippen molar-refractivity contribution in [1.82, 2.24) is 19.3 Å². The first-order valence-electron chi connectivity index (χ1n) is 6.11. The van der Waals surface area contributed by atoms with Crippen LogP contribution in [0.2, 0.25) is 0 Å². The quantitative estimate of drug-likeness (QED) is 0.879. The van der Waals surface area contributed by atoms with Gasteiger partial charge in [0.15, 0.2) is 0 Å². The summed E-state index contributed by atoms with van der Waals surface area (Å²) < 4.78 is 4.14. The van der Waals surface area contributed by atoms with Crippen molar-refractivity contribution in [2.75, 3.05) is 5.32 Å². The fourth-order valence-electron chi connectivity index (χ4n) is 1.97. The molecular formula is C12H17N5. The van der Waals surface area contributed by atoms with Crippen LogP contribution in [0.5, 0.6) is 0 Å². The van der Waals surface area contributed by atoms with Crippen molar-refractivity contribution in [2.24, 2.45) is 0 Å². The first-order chi connectivity index (χ1) is 8.26. The SMILES string of the molecule is CCn1cc(Nc2nc(C)cn2C2CC2)cn1. The molecule has 5 nitrogen and oxygen atoms in total. The highest BCUT2D eigenvalue weighted by Gasteiger charge is 2.26. The summed E-state index contributed by atoms with van der Waals surface area (Å²) >= 11 is 0. The molecule has 0 radical (unpaired) electrons. The lowest BCUT2D eigenvalue weighted by molar-refractivity contribution is 0.660. The van der Waals surface area contributed by atoms with Gasteiger partial charge in [0.2, 0.25) is 5.95 Å². The summed E-state index contributed by atoms with van der Waals surface area (Å²) in [5.41, 5.74) is 2.06. The second kappa shape index (κ2) is 3.91. The first-order valence-corrected chi connectivity index (χ1v) is 6.11. The number of anilines is 2. The highest BCUT2D eigenvalue weighted by atomic mass is 15.3. The van der Waals surface area contributed by atoms with Gasteiger partial charge >= 0.3 is 0 Å². The predicted octanol–water partition coefficient (Wildman–Crippen LogP) is 2.49. The zero-order chi connectivity index (χ0) is 11.8. The number of hydrogen-bond acceptors (Lipinski definition) is 3. The number of nitrogens with one attached hydrogen (secondary N) is 1. The first kappa shape index (κ1) is 10.4. The standard InChI is InChI=1S/C12H17N5/c1-3-16-8-10(6-13-16)15-12-14-9(2)7-17(12)11-4-5-11/h6-8,11H,3-5H2,1-2H3,(H,14,15). The van der Waals surface area contributed by atoms with Gasteiger partial charge in [0.05, 0.1) is 17.6 Å². The van der Waals surface area contributed by atoms with Crippen LogP contribution in [0.4, 0.5) is 11.6 Å². The van der Waals surface area contributed by atoms with Crippen LogP contribution in [0.3, 0.4) is 0 Å². The van der Waals surface area contributed by atoms with E-state index in [0.29, 0.717) is 6.04 Å². The van der Waals surface area contributed by atoms with Gasteiger partial charge in [-0.05, 0) is 26.7 Å². The molecule has 2 aromatic rings. The molecule has 0 aliphatic heterocycles. The Morgan fingerprint density at radius 1 is 1.41 bits per heavy atom. The summed E-state index contributed by atoms with van der Waals surface area (Å²) in [7, 11) is 0. The van der Waals surface area contributed by atoms with Gasteiger partial charge in [0.1, 0.15) is 0 Å². The number of imidazole rings is 1. The van der Waals surface area contributed by atoms with Crippen LogP contribution < -0.4 is 5.32 Å². The molecule has 0 aromatic carbocycles. The molecule has 2 aromatic heterocycles. The average Bonchev–Trinajstić information content (AvgIpc) is 2.95. The molecule has 0 spiro atoms. The Hall–Kier alpha value is -1.78. The molecular weight excluding hydrogens is 214 g/mol. The fraction of sp³-hybridized carbons (Fsp3) is 0.500. The van der Waals surface area contributed by atoms with Gasteiger partial charge in [-0.3, -0.25) is 4.68 Å². The van der Waals surface area contributed by atoms with Crippen molar-refractivity contribution in [3.63, 3.8) is 0 Å². The van der Waals surface area contributed by atoms with Gasteiger partial charge in [0.25, 0.3) is 0 Å². The van der Waals surface area contributed by atoms with Crippen molar-refractivity contribution in [3.05, 3.63) is 24.3 Å². The third-order valence-corrected chi connectivity index (χ3v) is 3.01. The van der Waals surface area contributed by atoms with Gasteiger partial charge in [0, 0.05) is 25.0 Å². The molecule has 90 valence electrons. The Labute approximate surface area is 100 Å². The lowest BCUT2D eigenvalue weighted by Gasteiger charge is -2.06. The van der Waals surface area contributed by atoms with E-state index in [2.05, 4.69) is 33.1 Å². The molecule has 0 amide bonds. The van der Waals surface area contributed by atoms with E-state index in [1.165, 1.54) is 12.8 Å². The van der Waals surface area contributed by atoms with E-state index in [9.17, 15) is 0 Å². The minimum absolute atomic E-state index is 0.639. The third-order valence-electron chi connectivity index (χ3n) is 3.01. The zero-order valence-corrected chi connectivity index (χ0v) is 10.2. The Kier molecular flexibility index (Phi) is 2.39. The molecule has 1 aliphatic rings. The topological polar surface area (TPSA) is 47.7 Å². The maximum atomic E-state index is 4.52. The van der Waals surface area contributed by atoms with Crippen LogP contribution in [-0.2, 0) is 6.54 Å². The average molecular weight is 231 g/mol. The van der Waals surface area contributed by atoms with Crippen molar-refractivity contribution < 1.29 is 0 Å². The smallest absolute Gasteiger partial charge is 0.207 e. The summed E-state index contributed by atoms with van der Waals surface area (Å²) in [5, 5.41) is 7.58. The van der Waals surface area contributed by atoms with Gasteiger partial charge in [-0.1, -0.05) is 0 Å². The summed E-state index contributed by atoms with van der Waals surface area (Å²) in [5.74, 6) is 0.931. The molecule has 0 bridgehead atoms. The Bertz CT molecular complexity index is 521. The lowest BCUT2D eigenvalue weighted by Crippen LogP contribution is -2.00. The van der Waals surface area contributed by atoms with Crippen molar-refractivity contribution in [1.29, 1.82) is 0 Å². The van der Waals surface area contributed by atoms with Crippen LogP contribution in [0.1, 0.15) is 31.5 Å². The molecule has 1 aliphatic carbocycles. The molecule has 3 rings (SSSR count). The normalized spacial score (nSPS) is 15.2. The maximum Gasteiger partial charge on any atom is 0.207 e. The minimum atomic E-state index is 0.639. The summed E-state index contributed by atoms with van der Waals surface area (Å²) in [6.07, 6.45) is 8.48. The van der Waals surface area contributed by atoms with E-state index in [-0.39, 0.29) is 0 Å².